The van der Waals surface area contributed by atoms with Crippen LogP contribution in [0.3, 0.4) is 0 Å². The fourth-order valence-electron chi connectivity index (χ4n) is 2.14. The fourth-order valence-corrected chi connectivity index (χ4v) is 2.14. The Kier molecular flexibility index (Phi) is 3.64. The summed E-state index contributed by atoms with van der Waals surface area (Å²) in [5.41, 5.74) is 5.99. The average molecular weight is 249 g/mol. The van der Waals surface area contributed by atoms with Gasteiger partial charge in [0.1, 0.15) is 5.69 Å². The molecule has 0 aliphatic carbocycles. The topological polar surface area (TPSA) is 87.6 Å². The highest BCUT2D eigenvalue weighted by molar-refractivity contribution is 5.95. The molecule has 2 atom stereocenters. The van der Waals surface area contributed by atoms with E-state index >= 15 is 0 Å². The van der Waals surface area contributed by atoms with Gasteiger partial charge in [0.05, 0.1) is 0 Å². The molecular formula is C12H19N5O. The summed E-state index contributed by atoms with van der Waals surface area (Å²) in [6, 6.07) is 1.63. The van der Waals surface area contributed by atoms with Crippen molar-refractivity contribution in [3.8, 4) is 0 Å². The van der Waals surface area contributed by atoms with Gasteiger partial charge >= 0.3 is 0 Å². The van der Waals surface area contributed by atoms with E-state index in [9.17, 15) is 0 Å². The van der Waals surface area contributed by atoms with Crippen molar-refractivity contribution in [1.82, 2.24) is 9.97 Å². The van der Waals surface area contributed by atoms with Crippen LogP contribution in [0.2, 0.25) is 0 Å². The monoisotopic (exact) mass is 249 g/mol. The molecular weight excluding hydrogens is 230 g/mol. The van der Waals surface area contributed by atoms with Gasteiger partial charge in [-0.1, -0.05) is 19.0 Å². The molecule has 2 unspecified atom stereocenters. The lowest BCUT2D eigenvalue weighted by atomic mass is 9.89. The minimum Gasteiger partial charge on any atom is -0.409 e. The lowest BCUT2D eigenvalue weighted by molar-refractivity contribution is 0.318. The minimum atomic E-state index is 0.0112. The first-order chi connectivity index (χ1) is 8.61. The first-order valence-corrected chi connectivity index (χ1v) is 6.17. The molecule has 0 saturated carbocycles. The van der Waals surface area contributed by atoms with E-state index in [0.29, 0.717) is 17.6 Å². The van der Waals surface area contributed by atoms with Crippen molar-refractivity contribution in [2.45, 2.75) is 20.3 Å². The summed E-state index contributed by atoms with van der Waals surface area (Å²) in [7, 11) is 0. The molecule has 1 aliphatic rings. The highest BCUT2D eigenvalue weighted by Crippen LogP contribution is 2.24. The van der Waals surface area contributed by atoms with Crippen molar-refractivity contribution < 1.29 is 5.21 Å². The predicted octanol–water partition coefficient (Wildman–Crippen LogP) is 1.05. The van der Waals surface area contributed by atoms with Crippen LogP contribution in [0.15, 0.2) is 17.4 Å². The Bertz CT molecular complexity index is 448. The Morgan fingerprint density at radius 1 is 1.50 bits per heavy atom. The summed E-state index contributed by atoms with van der Waals surface area (Å²) >= 11 is 0. The van der Waals surface area contributed by atoms with Crippen molar-refractivity contribution in [3.63, 3.8) is 0 Å². The second kappa shape index (κ2) is 5.20. The van der Waals surface area contributed by atoms with E-state index in [2.05, 4.69) is 33.9 Å². The van der Waals surface area contributed by atoms with Gasteiger partial charge in [0.2, 0.25) is 5.95 Å². The lowest BCUT2D eigenvalue weighted by Crippen LogP contribution is -2.39. The van der Waals surface area contributed by atoms with Crippen molar-refractivity contribution >= 4 is 11.8 Å². The molecule has 0 spiro atoms. The van der Waals surface area contributed by atoms with Crippen molar-refractivity contribution in [3.05, 3.63) is 18.0 Å². The number of hydrogen-bond donors (Lipinski definition) is 2. The molecule has 0 radical (unpaired) electrons. The number of hydrogen-bond acceptors (Lipinski definition) is 5. The van der Waals surface area contributed by atoms with Crippen LogP contribution in [-0.4, -0.2) is 34.1 Å². The third kappa shape index (κ3) is 2.52. The van der Waals surface area contributed by atoms with Gasteiger partial charge in [-0.25, -0.2) is 9.97 Å². The van der Waals surface area contributed by atoms with E-state index in [1.54, 1.807) is 12.3 Å². The largest absolute Gasteiger partial charge is 0.409 e. The van der Waals surface area contributed by atoms with Crippen LogP contribution in [0.4, 0.5) is 5.95 Å². The zero-order valence-electron chi connectivity index (χ0n) is 10.7. The molecule has 3 N–H and O–H groups in total. The van der Waals surface area contributed by atoms with E-state index in [-0.39, 0.29) is 5.84 Å². The summed E-state index contributed by atoms with van der Waals surface area (Å²) in [5, 5.41) is 11.6. The van der Waals surface area contributed by atoms with Gasteiger partial charge in [0.15, 0.2) is 5.84 Å². The molecule has 0 aromatic carbocycles. The maximum absolute atomic E-state index is 8.66. The third-order valence-corrected chi connectivity index (χ3v) is 3.63. The predicted molar refractivity (Wildman–Crippen MR) is 69.7 cm³/mol. The van der Waals surface area contributed by atoms with Gasteiger partial charge in [-0.3, -0.25) is 0 Å². The molecule has 1 fully saturated rings. The van der Waals surface area contributed by atoms with Crippen molar-refractivity contribution in [2.24, 2.45) is 22.7 Å². The number of nitrogens with two attached hydrogens (primary N) is 1. The maximum atomic E-state index is 8.66. The second-order valence-electron chi connectivity index (χ2n) is 4.92. The SMILES string of the molecule is CC1CCN(c2nccc(/C(N)=N/O)n2)CC1C. The molecule has 1 aromatic heterocycles. The lowest BCUT2D eigenvalue weighted by Gasteiger charge is -2.35. The standard InChI is InChI=1S/C12H19N5O/c1-8-4-6-17(7-9(8)2)12-14-5-3-10(15-12)11(13)16-18/h3,5,8-9,18H,4,6-7H2,1-2H3,(H2,13,16). The van der Waals surface area contributed by atoms with Crippen LogP contribution in [0.1, 0.15) is 26.0 Å². The molecule has 2 heterocycles. The average Bonchev–Trinajstić information content (AvgIpc) is 2.41. The first kappa shape index (κ1) is 12.6. The van der Waals surface area contributed by atoms with Crippen LogP contribution >= 0.6 is 0 Å². The number of anilines is 1. The van der Waals surface area contributed by atoms with Gasteiger partial charge in [0, 0.05) is 19.3 Å². The Hall–Kier alpha value is -1.85. The van der Waals surface area contributed by atoms with E-state index in [4.69, 9.17) is 10.9 Å². The van der Waals surface area contributed by atoms with Crippen LogP contribution in [-0.2, 0) is 0 Å². The Balaban J connectivity index is 2.19. The quantitative estimate of drug-likeness (QED) is 0.354. The Morgan fingerprint density at radius 2 is 2.28 bits per heavy atom. The normalized spacial score (nSPS) is 25.2. The van der Waals surface area contributed by atoms with Crippen molar-refractivity contribution in [1.29, 1.82) is 0 Å². The molecule has 2 rings (SSSR count). The molecule has 1 aliphatic heterocycles. The minimum absolute atomic E-state index is 0.0112. The second-order valence-corrected chi connectivity index (χ2v) is 4.92. The fraction of sp³-hybridized carbons (Fsp3) is 0.583. The summed E-state index contributed by atoms with van der Waals surface area (Å²) in [5.74, 6) is 2.01. The number of rotatable bonds is 2. The zero-order chi connectivity index (χ0) is 13.1. The van der Waals surface area contributed by atoms with Gasteiger partial charge < -0.3 is 15.8 Å². The smallest absolute Gasteiger partial charge is 0.225 e. The van der Waals surface area contributed by atoms with Crippen LogP contribution in [0.5, 0.6) is 0 Å². The van der Waals surface area contributed by atoms with Crippen molar-refractivity contribution in [2.75, 3.05) is 18.0 Å². The number of oxime groups is 1. The third-order valence-electron chi connectivity index (χ3n) is 3.63. The molecule has 1 saturated heterocycles. The van der Waals surface area contributed by atoms with Crippen LogP contribution in [0, 0.1) is 11.8 Å². The van der Waals surface area contributed by atoms with Gasteiger partial charge in [-0.05, 0) is 24.3 Å². The Labute approximate surface area is 107 Å². The summed E-state index contributed by atoms with van der Waals surface area (Å²) in [4.78, 5) is 10.7. The molecule has 6 heteroatoms. The molecule has 0 bridgehead atoms. The first-order valence-electron chi connectivity index (χ1n) is 6.17. The molecule has 18 heavy (non-hydrogen) atoms. The summed E-state index contributed by atoms with van der Waals surface area (Å²) in [6.45, 7) is 6.41. The highest BCUT2D eigenvalue weighted by Gasteiger charge is 2.24. The van der Waals surface area contributed by atoms with E-state index in [1.165, 1.54) is 0 Å². The van der Waals surface area contributed by atoms with Crippen LogP contribution < -0.4 is 10.6 Å². The maximum Gasteiger partial charge on any atom is 0.225 e. The van der Waals surface area contributed by atoms with Crippen LogP contribution in [0.25, 0.3) is 0 Å². The summed E-state index contributed by atoms with van der Waals surface area (Å²) < 4.78 is 0. The molecule has 1 aromatic rings. The molecule has 6 nitrogen and oxygen atoms in total. The van der Waals surface area contributed by atoms with Gasteiger partial charge in [-0.2, -0.15) is 0 Å². The van der Waals surface area contributed by atoms with E-state index < -0.39 is 0 Å². The molecule has 0 amide bonds. The number of nitrogens with zero attached hydrogens (tertiary/aromatic N) is 4. The van der Waals surface area contributed by atoms with Gasteiger partial charge in [-0.15, -0.1) is 0 Å². The Morgan fingerprint density at radius 3 is 2.94 bits per heavy atom. The van der Waals surface area contributed by atoms with Gasteiger partial charge in [0.25, 0.3) is 0 Å². The molecule has 98 valence electrons. The highest BCUT2D eigenvalue weighted by atomic mass is 16.4. The number of amidine groups is 1. The summed E-state index contributed by atoms with van der Waals surface area (Å²) in [6.07, 6.45) is 2.77. The van der Waals surface area contributed by atoms with E-state index in [1.807, 2.05) is 0 Å². The number of aromatic nitrogens is 2. The van der Waals surface area contributed by atoms with E-state index in [0.717, 1.165) is 25.4 Å². The zero-order valence-corrected chi connectivity index (χ0v) is 10.7. The number of piperidine rings is 1.